The van der Waals surface area contributed by atoms with Crippen LogP contribution in [-0.4, -0.2) is 31.2 Å². The lowest BCUT2D eigenvalue weighted by atomic mass is 10.1. The Morgan fingerprint density at radius 1 is 0.625 bits per heavy atom. The first-order valence-corrected chi connectivity index (χ1v) is 12.6. The summed E-state index contributed by atoms with van der Waals surface area (Å²) in [7, 11) is 1.82. The predicted octanol–water partition coefficient (Wildman–Crippen LogP) is 5.32. The number of nitrogens with zero attached hydrogens (tertiary/aromatic N) is 2. The van der Waals surface area contributed by atoms with Crippen molar-refractivity contribution in [1.29, 1.82) is 0 Å². The van der Waals surface area contributed by atoms with E-state index in [4.69, 9.17) is 19.2 Å². The van der Waals surface area contributed by atoms with E-state index < -0.39 is 0 Å². The number of fused-ring (bicyclic) bond motifs is 2. The molecule has 0 radical (unpaired) electrons. The second-order valence-corrected chi connectivity index (χ2v) is 8.49. The predicted molar refractivity (Wildman–Crippen MR) is 150 cm³/mol. The number of allylic oxidation sites excluding steroid dienone is 2. The summed E-state index contributed by atoms with van der Waals surface area (Å²) in [5.41, 5.74) is 6.95. The number of benzene rings is 3. The molecule has 0 aliphatic carbocycles. The van der Waals surface area contributed by atoms with Crippen LogP contribution in [0, 0.1) is 0 Å². The molecule has 8 heteroatoms. The van der Waals surface area contributed by atoms with Gasteiger partial charge in [-0.15, -0.1) is 0 Å². The summed E-state index contributed by atoms with van der Waals surface area (Å²) in [6, 6.07) is 26.0. The van der Waals surface area contributed by atoms with E-state index >= 15 is 0 Å². The van der Waals surface area contributed by atoms with Gasteiger partial charge in [0.1, 0.15) is 0 Å². The zero-order valence-corrected chi connectivity index (χ0v) is 22.6. The zero-order chi connectivity index (χ0) is 29.5. The highest BCUT2D eigenvalue weighted by Gasteiger charge is 2.31. The molecule has 8 nitrogen and oxygen atoms in total. The summed E-state index contributed by atoms with van der Waals surface area (Å²) >= 11 is 0. The van der Waals surface area contributed by atoms with Crippen LogP contribution >= 0.6 is 0 Å². The van der Waals surface area contributed by atoms with E-state index in [0.29, 0.717) is 6.54 Å². The molecule has 204 valence electrons. The summed E-state index contributed by atoms with van der Waals surface area (Å²) in [4.78, 5) is 60.5. The van der Waals surface area contributed by atoms with Gasteiger partial charge in [0.15, 0.2) is 0 Å². The van der Waals surface area contributed by atoms with Crippen molar-refractivity contribution in [1.82, 2.24) is 0 Å². The number of likely N-dealkylation sites (N-methyl/N-ethyl adjacent to an activating group) is 1. The normalized spacial score (nSPS) is 14.5. The van der Waals surface area contributed by atoms with Crippen LogP contribution in [0.5, 0.6) is 0 Å². The van der Waals surface area contributed by atoms with Gasteiger partial charge in [0.25, 0.3) is 11.8 Å². The summed E-state index contributed by atoms with van der Waals surface area (Å²) in [6.45, 7) is 4.72. The van der Waals surface area contributed by atoms with E-state index in [0.717, 1.165) is 52.1 Å². The minimum atomic E-state index is 0.105. The Morgan fingerprint density at radius 3 is 1.57 bits per heavy atom. The molecule has 0 fully saturated rings. The van der Waals surface area contributed by atoms with Gasteiger partial charge in [0.2, 0.25) is 0 Å². The highest BCUT2D eigenvalue weighted by atomic mass is 16.2. The standard InChI is InChI=1S/C18H17NO.C12H13NO.2CO2/c1-2-8-16-15-11-6-7-12-17(15)19(18(16)20)13-14-9-4-3-5-10-14;1-3-6-10-9-7-4-5-8-11(9)13(2)12(10)14;2*2-1-3/h3-12H,2,13H2,1H3;4-8H,3H2,1-2H3;;/b16-8+;10-6+;;. The fourth-order valence-electron chi connectivity index (χ4n) is 4.43. The van der Waals surface area contributed by atoms with E-state index in [2.05, 4.69) is 19.1 Å². The van der Waals surface area contributed by atoms with Crippen molar-refractivity contribution in [3.05, 3.63) is 108 Å². The third-order valence-corrected chi connectivity index (χ3v) is 6.05. The monoisotopic (exact) mass is 538 g/mol. The average molecular weight is 539 g/mol. The molecule has 0 saturated heterocycles. The summed E-state index contributed by atoms with van der Waals surface area (Å²) in [5.74, 6) is 0.213. The maximum absolute atomic E-state index is 12.6. The minimum Gasteiger partial charge on any atom is -0.311 e. The van der Waals surface area contributed by atoms with Crippen LogP contribution in [0.3, 0.4) is 0 Å². The van der Waals surface area contributed by atoms with E-state index in [1.807, 2.05) is 97.8 Å². The van der Waals surface area contributed by atoms with Gasteiger partial charge in [-0.05, 0) is 30.5 Å². The maximum atomic E-state index is 12.6. The lowest BCUT2D eigenvalue weighted by Crippen LogP contribution is -2.25. The van der Waals surface area contributed by atoms with Gasteiger partial charge in [0, 0.05) is 29.3 Å². The van der Waals surface area contributed by atoms with Gasteiger partial charge < -0.3 is 9.80 Å². The summed E-state index contributed by atoms with van der Waals surface area (Å²) < 4.78 is 0. The lowest BCUT2D eigenvalue weighted by Gasteiger charge is -2.17. The topological polar surface area (TPSA) is 109 Å². The van der Waals surface area contributed by atoms with Crippen LogP contribution in [0.1, 0.15) is 43.4 Å². The Bertz CT molecular complexity index is 1430. The SMILES string of the molecule is CC/C=C1/C(=O)N(C)c2ccccc21.CC/C=C1/C(=O)N(Cc2ccccc2)c2ccccc21.O=C=O.O=C=O. The molecule has 0 atom stereocenters. The fourth-order valence-corrected chi connectivity index (χ4v) is 4.43. The number of anilines is 2. The third-order valence-electron chi connectivity index (χ3n) is 6.05. The highest BCUT2D eigenvalue weighted by molar-refractivity contribution is 6.33. The molecule has 2 heterocycles. The van der Waals surface area contributed by atoms with Crippen LogP contribution in [0.4, 0.5) is 11.4 Å². The second-order valence-electron chi connectivity index (χ2n) is 8.49. The molecule has 2 aliphatic heterocycles. The molecule has 2 amide bonds. The molecular weight excluding hydrogens is 508 g/mol. The Balaban J connectivity index is 0.000000244. The highest BCUT2D eigenvalue weighted by Crippen LogP contribution is 2.38. The Morgan fingerprint density at radius 2 is 1.05 bits per heavy atom. The number of carbonyl (C=O) groups excluding carboxylic acids is 6. The van der Waals surface area contributed by atoms with E-state index in [9.17, 15) is 9.59 Å². The Kier molecular flexibility index (Phi) is 12.4. The van der Waals surface area contributed by atoms with Crippen molar-refractivity contribution >= 4 is 46.6 Å². The van der Waals surface area contributed by atoms with E-state index in [1.54, 1.807) is 4.90 Å². The summed E-state index contributed by atoms with van der Waals surface area (Å²) in [6.07, 6.45) is 6.27. The van der Waals surface area contributed by atoms with E-state index in [1.165, 1.54) is 0 Å². The number of carbonyl (C=O) groups is 2. The van der Waals surface area contributed by atoms with Crippen molar-refractivity contribution in [3.8, 4) is 0 Å². The number of rotatable bonds is 4. The van der Waals surface area contributed by atoms with Gasteiger partial charge in [-0.2, -0.15) is 19.2 Å². The first-order chi connectivity index (χ1) is 19.4. The van der Waals surface area contributed by atoms with Crippen molar-refractivity contribution in [2.45, 2.75) is 33.2 Å². The molecule has 0 saturated carbocycles. The first kappa shape index (κ1) is 31.1. The van der Waals surface area contributed by atoms with Gasteiger partial charge in [-0.3, -0.25) is 9.59 Å². The van der Waals surface area contributed by atoms with Crippen molar-refractivity contribution < 1.29 is 28.8 Å². The van der Waals surface area contributed by atoms with Crippen LogP contribution in [-0.2, 0) is 35.3 Å². The smallest absolute Gasteiger partial charge is 0.311 e. The van der Waals surface area contributed by atoms with Crippen LogP contribution in [0.2, 0.25) is 0 Å². The fraction of sp³-hybridized carbons (Fsp3) is 0.188. The van der Waals surface area contributed by atoms with Crippen LogP contribution in [0.15, 0.2) is 91.0 Å². The molecule has 0 unspecified atom stereocenters. The maximum Gasteiger partial charge on any atom is 0.373 e. The quantitative estimate of drug-likeness (QED) is 0.416. The number of amides is 2. The number of hydrogen-bond donors (Lipinski definition) is 0. The average Bonchev–Trinajstić information content (AvgIpc) is 3.37. The zero-order valence-electron chi connectivity index (χ0n) is 22.6. The van der Waals surface area contributed by atoms with Gasteiger partial charge in [-0.1, -0.05) is 92.7 Å². The third kappa shape index (κ3) is 7.45. The van der Waals surface area contributed by atoms with Crippen molar-refractivity contribution in [2.24, 2.45) is 0 Å². The van der Waals surface area contributed by atoms with Gasteiger partial charge in [-0.25, -0.2) is 0 Å². The Hall–Kier alpha value is -5.16. The molecule has 2 aliphatic rings. The molecule has 3 aromatic rings. The number of para-hydroxylation sites is 2. The largest absolute Gasteiger partial charge is 0.373 e. The van der Waals surface area contributed by atoms with Crippen LogP contribution in [0.25, 0.3) is 11.1 Å². The molecule has 5 rings (SSSR count). The van der Waals surface area contributed by atoms with Crippen molar-refractivity contribution in [3.63, 3.8) is 0 Å². The molecule has 3 aromatic carbocycles. The van der Waals surface area contributed by atoms with E-state index in [-0.39, 0.29) is 24.1 Å². The molecule has 0 bridgehead atoms. The van der Waals surface area contributed by atoms with Gasteiger partial charge >= 0.3 is 12.3 Å². The number of hydrogen-bond acceptors (Lipinski definition) is 6. The minimum absolute atomic E-state index is 0.105. The Labute approximate surface area is 233 Å². The lowest BCUT2D eigenvalue weighted by molar-refractivity contribution is -0.193. The molecular formula is C32H30N2O6. The first-order valence-electron chi connectivity index (χ1n) is 12.6. The van der Waals surface area contributed by atoms with Gasteiger partial charge in [0.05, 0.1) is 17.9 Å². The molecule has 0 N–H and O–H groups in total. The second kappa shape index (κ2) is 15.9. The van der Waals surface area contributed by atoms with Crippen LogP contribution < -0.4 is 9.80 Å². The summed E-state index contributed by atoms with van der Waals surface area (Å²) in [5, 5.41) is 0. The molecule has 0 spiro atoms. The molecule has 0 aromatic heterocycles. The molecule has 40 heavy (non-hydrogen) atoms. The van der Waals surface area contributed by atoms with Crippen molar-refractivity contribution in [2.75, 3.05) is 16.8 Å².